The lowest BCUT2D eigenvalue weighted by molar-refractivity contribution is -0.113. The standard InChI is InChI=1S/C30H28N2O4/c1-15-25(31(3)4)19-13-9-7-11-17(19)21(27(15)33)23-29(35)24(30(23)36)22-18-12-8-10-14-20(18)26(32(5)6)16(2)28(22)34/h7-14,33,35H,1-6H3. The Bertz CT molecular complexity index is 1600. The van der Waals surface area contributed by atoms with E-state index in [0.29, 0.717) is 27.6 Å². The van der Waals surface area contributed by atoms with Crippen molar-refractivity contribution in [2.45, 2.75) is 13.8 Å². The van der Waals surface area contributed by atoms with Gasteiger partial charge in [-0.1, -0.05) is 48.5 Å². The Morgan fingerprint density at radius 1 is 0.667 bits per heavy atom. The Morgan fingerprint density at radius 2 is 1.25 bits per heavy atom. The monoisotopic (exact) mass is 480 g/mol. The number of allylic oxidation sites excluding steroid dienone is 4. The minimum atomic E-state index is -0.454. The highest BCUT2D eigenvalue weighted by molar-refractivity contribution is 6.49. The lowest BCUT2D eigenvalue weighted by Crippen LogP contribution is -2.28. The highest BCUT2D eigenvalue weighted by Crippen LogP contribution is 2.50. The summed E-state index contributed by atoms with van der Waals surface area (Å²) in [7, 11) is 7.54. The Morgan fingerprint density at radius 3 is 1.83 bits per heavy atom. The fourth-order valence-electron chi connectivity index (χ4n) is 5.58. The van der Waals surface area contributed by atoms with Gasteiger partial charge in [-0.05, 0) is 24.8 Å². The molecule has 0 spiro atoms. The Hall–Kier alpha value is -4.32. The Labute approximate surface area is 210 Å². The van der Waals surface area contributed by atoms with Crippen molar-refractivity contribution in [1.29, 1.82) is 0 Å². The second kappa shape index (κ2) is 8.12. The molecule has 0 saturated heterocycles. The van der Waals surface area contributed by atoms with Crippen molar-refractivity contribution in [3.05, 3.63) is 87.7 Å². The van der Waals surface area contributed by atoms with Crippen LogP contribution in [-0.4, -0.2) is 54.9 Å². The predicted octanol–water partition coefficient (Wildman–Crippen LogP) is 5.10. The zero-order chi connectivity index (χ0) is 26.0. The van der Waals surface area contributed by atoms with Gasteiger partial charge in [0.25, 0.3) is 0 Å². The van der Waals surface area contributed by atoms with Crippen LogP contribution in [-0.2, 0) is 9.59 Å². The van der Waals surface area contributed by atoms with Crippen LogP contribution in [0.3, 0.4) is 0 Å². The predicted molar refractivity (Wildman–Crippen MR) is 144 cm³/mol. The van der Waals surface area contributed by atoms with Gasteiger partial charge in [0, 0.05) is 61.4 Å². The van der Waals surface area contributed by atoms with Crippen LogP contribution >= 0.6 is 0 Å². The van der Waals surface area contributed by atoms with Gasteiger partial charge in [-0.15, -0.1) is 0 Å². The van der Waals surface area contributed by atoms with Crippen LogP contribution < -0.4 is 4.90 Å². The SMILES string of the molecule is CC1=C(N(C)C)c2ccccc2C(=C2C(=O)C(c3c(O)c(C)c(N(C)C)c4ccccc34)=C2O)C1=O. The minimum absolute atomic E-state index is 0.00238. The zero-order valence-corrected chi connectivity index (χ0v) is 21.2. The van der Waals surface area contributed by atoms with Gasteiger partial charge in [0.2, 0.25) is 5.78 Å². The van der Waals surface area contributed by atoms with Crippen molar-refractivity contribution in [3.8, 4) is 5.75 Å². The van der Waals surface area contributed by atoms with Crippen LogP contribution in [0.1, 0.15) is 29.2 Å². The molecule has 0 radical (unpaired) electrons. The lowest BCUT2D eigenvalue weighted by atomic mass is 9.73. The first-order valence-electron chi connectivity index (χ1n) is 11.7. The molecule has 0 atom stereocenters. The van der Waals surface area contributed by atoms with Gasteiger partial charge in [0.1, 0.15) is 11.5 Å². The molecule has 5 rings (SSSR count). The number of phenols is 1. The van der Waals surface area contributed by atoms with Gasteiger partial charge >= 0.3 is 0 Å². The number of nitrogens with zero attached hydrogens (tertiary/aromatic N) is 2. The molecule has 0 heterocycles. The van der Waals surface area contributed by atoms with Crippen LogP contribution in [0.2, 0.25) is 0 Å². The maximum Gasteiger partial charge on any atom is 0.202 e. The number of phenolic OH excluding ortho intramolecular Hbond substituents is 1. The third-order valence-corrected chi connectivity index (χ3v) is 7.10. The molecular formula is C30H28N2O4. The number of aromatic hydroxyl groups is 1. The number of carbonyl (C=O) groups excluding carboxylic acids is 2. The van der Waals surface area contributed by atoms with Crippen molar-refractivity contribution in [1.82, 2.24) is 4.90 Å². The lowest BCUT2D eigenvalue weighted by Gasteiger charge is -2.32. The number of hydrogen-bond donors (Lipinski definition) is 2. The number of carbonyl (C=O) groups is 2. The zero-order valence-electron chi connectivity index (χ0n) is 21.2. The quantitative estimate of drug-likeness (QED) is 0.508. The number of aliphatic hydroxyl groups is 1. The highest BCUT2D eigenvalue weighted by atomic mass is 16.3. The van der Waals surface area contributed by atoms with Crippen molar-refractivity contribution in [3.63, 3.8) is 0 Å². The largest absolute Gasteiger partial charge is 0.507 e. The fraction of sp³-hybridized carbons (Fsp3) is 0.200. The number of hydrogen-bond acceptors (Lipinski definition) is 6. The molecule has 0 saturated carbocycles. The van der Waals surface area contributed by atoms with E-state index >= 15 is 0 Å². The van der Waals surface area contributed by atoms with Crippen LogP contribution in [0.25, 0.3) is 27.6 Å². The molecule has 2 aliphatic carbocycles. The van der Waals surface area contributed by atoms with E-state index in [1.165, 1.54) is 0 Å². The minimum Gasteiger partial charge on any atom is -0.507 e. The first-order valence-corrected chi connectivity index (χ1v) is 11.7. The van der Waals surface area contributed by atoms with E-state index in [0.717, 1.165) is 22.3 Å². The molecule has 3 aromatic rings. The Kier molecular flexibility index (Phi) is 5.29. The van der Waals surface area contributed by atoms with E-state index < -0.39 is 5.78 Å². The molecule has 0 aliphatic heterocycles. The van der Waals surface area contributed by atoms with Gasteiger partial charge in [-0.25, -0.2) is 0 Å². The maximum absolute atomic E-state index is 13.7. The summed E-state index contributed by atoms with van der Waals surface area (Å²) >= 11 is 0. The average Bonchev–Trinajstić information content (AvgIpc) is 2.84. The van der Waals surface area contributed by atoms with Crippen molar-refractivity contribution < 1.29 is 19.8 Å². The second-order valence-corrected chi connectivity index (χ2v) is 9.68. The van der Waals surface area contributed by atoms with Gasteiger partial charge in [0.15, 0.2) is 5.78 Å². The van der Waals surface area contributed by atoms with Crippen LogP contribution in [0.5, 0.6) is 5.75 Å². The molecule has 6 heteroatoms. The van der Waals surface area contributed by atoms with Crippen LogP contribution in [0, 0.1) is 6.92 Å². The van der Waals surface area contributed by atoms with Crippen molar-refractivity contribution in [2.75, 3.05) is 33.1 Å². The van der Waals surface area contributed by atoms with Crippen molar-refractivity contribution in [2.24, 2.45) is 0 Å². The summed E-state index contributed by atoms with van der Waals surface area (Å²) in [6.07, 6.45) is 0. The molecule has 6 nitrogen and oxygen atoms in total. The summed E-state index contributed by atoms with van der Waals surface area (Å²) in [5.41, 5.74) is 4.70. The van der Waals surface area contributed by atoms with Gasteiger partial charge in [-0.2, -0.15) is 0 Å². The fourth-order valence-corrected chi connectivity index (χ4v) is 5.58. The topological polar surface area (TPSA) is 81.1 Å². The normalized spacial score (nSPS) is 17.5. The summed E-state index contributed by atoms with van der Waals surface area (Å²) < 4.78 is 0. The van der Waals surface area contributed by atoms with E-state index in [1.807, 2.05) is 80.5 Å². The maximum atomic E-state index is 13.7. The summed E-state index contributed by atoms with van der Waals surface area (Å²) in [6, 6.07) is 14.9. The molecule has 182 valence electrons. The summed E-state index contributed by atoms with van der Waals surface area (Å²) in [5.74, 6) is -1.07. The highest BCUT2D eigenvalue weighted by Gasteiger charge is 2.43. The third-order valence-electron chi connectivity index (χ3n) is 7.10. The summed E-state index contributed by atoms with van der Waals surface area (Å²) in [5, 5.41) is 24.0. The number of fused-ring (bicyclic) bond motifs is 2. The van der Waals surface area contributed by atoms with E-state index in [2.05, 4.69) is 0 Å². The van der Waals surface area contributed by atoms with E-state index in [9.17, 15) is 19.8 Å². The molecule has 0 bridgehead atoms. The summed E-state index contributed by atoms with van der Waals surface area (Å²) in [4.78, 5) is 31.0. The van der Waals surface area contributed by atoms with E-state index in [-0.39, 0.29) is 34.0 Å². The number of aliphatic hydroxyl groups excluding tert-OH is 1. The molecule has 0 fully saturated rings. The van der Waals surface area contributed by atoms with Crippen LogP contribution in [0.15, 0.2) is 65.4 Å². The van der Waals surface area contributed by atoms with Gasteiger partial charge < -0.3 is 20.0 Å². The average molecular weight is 481 g/mol. The molecule has 3 aromatic carbocycles. The smallest absolute Gasteiger partial charge is 0.202 e. The molecule has 2 N–H and O–H groups in total. The molecular weight excluding hydrogens is 452 g/mol. The summed E-state index contributed by atoms with van der Waals surface area (Å²) in [6.45, 7) is 3.53. The molecule has 0 amide bonds. The molecule has 0 aromatic heterocycles. The van der Waals surface area contributed by atoms with Crippen LogP contribution in [0.4, 0.5) is 5.69 Å². The first kappa shape index (κ1) is 23.4. The second-order valence-electron chi connectivity index (χ2n) is 9.68. The molecule has 0 unspecified atom stereocenters. The Balaban J connectivity index is 1.81. The first-order chi connectivity index (χ1) is 17.1. The number of rotatable bonds is 3. The molecule has 2 aliphatic rings. The van der Waals surface area contributed by atoms with E-state index in [4.69, 9.17) is 0 Å². The number of Topliss-reactive ketones (excluding diaryl/α,β-unsaturated/α-hetero) is 2. The van der Waals surface area contributed by atoms with Gasteiger partial charge in [0.05, 0.1) is 22.5 Å². The molecule has 36 heavy (non-hydrogen) atoms. The third kappa shape index (κ3) is 3.04. The number of ketones is 2. The number of benzene rings is 3. The van der Waals surface area contributed by atoms with Crippen molar-refractivity contribution >= 4 is 44.9 Å². The van der Waals surface area contributed by atoms with Gasteiger partial charge in [-0.3, -0.25) is 9.59 Å². The number of anilines is 1. The van der Waals surface area contributed by atoms with E-state index in [1.54, 1.807) is 19.9 Å².